The van der Waals surface area contributed by atoms with Crippen LogP contribution < -0.4 is 5.32 Å². The van der Waals surface area contributed by atoms with Gasteiger partial charge in [-0.25, -0.2) is 4.39 Å². The first-order valence-corrected chi connectivity index (χ1v) is 9.48. The second kappa shape index (κ2) is 7.87. The first-order chi connectivity index (χ1) is 11.6. The lowest BCUT2D eigenvalue weighted by atomic mass is 10.2. The first kappa shape index (κ1) is 17.1. The van der Waals surface area contributed by atoms with Crippen molar-refractivity contribution in [2.24, 2.45) is 0 Å². The molecule has 1 N–H and O–H groups in total. The molecular formula is C16H11BrFN3OS2. The number of ketones is 1. The van der Waals surface area contributed by atoms with Gasteiger partial charge in [-0.3, -0.25) is 4.79 Å². The number of para-hydroxylation sites is 1. The predicted octanol–water partition coefficient (Wildman–Crippen LogP) is 5.16. The van der Waals surface area contributed by atoms with Gasteiger partial charge in [0.15, 0.2) is 10.1 Å². The van der Waals surface area contributed by atoms with Gasteiger partial charge >= 0.3 is 0 Å². The van der Waals surface area contributed by atoms with E-state index in [0.29, 0.717) is 20.7 Å². The van der Waals surface area contributed by atoms with E-state index in [1.807, 2.05) is 12.1 Å². The molecule has 0 aliphatic heterocycles. The number of anilines is 2. The number of nitrogens with zero attached hydrogens (tertiary/aromatic N) is 2. The van der Waals surface area contributed by atoms with Gasteiger partial charge in [0.2, 0.25) is 5.13 Å². The molecular weight excluding hydrogens is 413 g/mol. The zero-order valence-electron chi connectivity index (χ0n) is 12.2. The van der Waals surface area contributed by atoms with E-state index < -0.39 is 0 Å². The molecule has 0 bridgehead atoms. The van der Waals surface area contributed by atoms with E-state index in [1.54, 1.807) is 30.3 Å². The zero-order chi connectivity index (χ0) is 16.9. The average Bonchev–Trinajstić information content (AvgIpc) is 3.03. The summed E-state index contributed by atoms with van der Waals surface area (Å²) in [5.41, 5.74) is 0.996. The van der Waals surface area contributed by atoms with Crippen molar-refractivity contribution in [3.8, 4) is 0 Å². The molecule has 2 aromatic carbocycles. The third-order valence-electron chi connectivity index (χ3n) is 3.01. The number of nitrogens with one attached hydrogen (secondary N) is 1. The number of aromatic nitrogens is 2. The number of carbonyl (C=O) groups excluding carboxylic acids is 1. The second-order valence-corrected chi connectivity index (χ2v) is 7.81. The number of hydrogen-bond acceptors (Lipinski definition) is 6. The molecule has 24 heavy (non-hydrogen) atoms. The highest BCUT2D eigenvalue weighted by atomic mass is 79.9. The molecule has 0 radical (unpaired) electrons. The minimum absolute atomic E-state index is 0.0197. The number of hydrogen-bond donors (Lipinski definition) is 1. The predicted molar refractivity (Wildman–Crippen MR) is 98.8 cm³/mol. The lowest BCUT2D eigenvalue weighted by molar-refractivity contribution is 0.102. The lowest BCUT2D eigenvalue weighted by Crippen LogP contribution is -2.01. The molecule has 0 atom stereocenters. The molecule has 122 valence electrons. The van der Waals surface area contributed by atoms with Crippen molar-refractivity contribution in [3.05, 3.63) is 64.4 Å². The van der Waals surface area contributed by atoms with Gasteiger partial charge in [0.25, 0.3) is 0 Å². The lowest BCUT2D eigenvalue weighted by Gasteiger charge is -2.02. The largest absolute Gasteiger partial charge is 0.328 e. The Morgan fingerprint density at radius 3 is 2.67 bits per heavy atom. The molecule has 0 aliphatic carbocycles. The molecule has 0 saturated heterocycles. The van der Waals surface area contributed by atoms with Crippen LogP contribution in [0.25, 0.3) is 0 Å². The van der Waals surface area contributed by atoms with Crippen molar-refractivity contribution in [2.75, 3.05) is 11.1 Å². The highest BCUT2D eigenvalue weighted by Gasteiger charge is 2.11. The van der Waals surface area contributed by atoms with Crippen LogP contribution in [0.1, 0.15) is 10.4 Å². The topological polar surface area (TPSA) is 54.9 Å². The molecule has 0 fully saturated rings. The van der Waals surface area contributed by atoms with Gasteiger partial charge < -0.3 is 5.32 Å². The van der Waals surface area contributed by atoms with E-state index in [9.17, 15) is 9.18 Å². The van der Waals surface area contributed by atoms with Crippen molar-refractivity contribution in [3.63, 3.8) is 0 Å². The number of rotatable bonds is 6. The summed E-state index contributed by atoms with van der Waals surface area (Å²) in [5, 5.41) is 11.3. The average molecular weight is 424 g/mol. The van der Waals surface area contributed by atoms with Crippen LogP contribution in [0.5, 0.6) is 0 Å². The van der Waals surface area contributed by atoms with Crippen molar-refractivity contribution in [1.29, 1.82) is 0 Å². The fourth-order valence-electron chi connectivity index (χ4n) is 1.84. The van der Waals surface area contributed by atoms with Crippen molar-refractivity contribution >= 4 is 55.6 Å². The van der Waals surface area contributed by atoms with Crippen LogP contribution in [0, 0.1) is 5.82 Å². The number of halogens is 2. The van der Waals surface area contributed by atoms with E-state index in [2.05, 4.69) is 31.4 Å². The zero-order valence-corrected chi connectivity index (χ0v) is 15.4. The standard InChI is InChI=1S/C16H11BrFN3OS2/c17-11-7-5-10(6-8-11)14(22)9-23-16-21-20-15(24-16)19-13-4-2-1-3-12(13)18/h1-8H,9H2,(H,19,20). The Balaban J connectivity index is 1.59. The SMILES string of the molecule is O=C(CSc1nnc(Nc2ccccc2F)s1)c1ccc(Br)cc1. The van der Waals surface area contributed by atoms with E-state index >= 15 is 0 Å². The number of Topliss-reactive ketones (excluding diaryl/α,β-unsaturated/α-hetero) is 1. The normalized spacial score (nSPS) is 10.6. The third-order valence-corrected chi connectivity index (χ3v) is 5.52. The van der Waals surface area contributed by atoms with Gasteiger partial charge in [-0.05, 0) is 24.3 Å². The van der Waals surface area contributed by atoms with Gasteiger partial charge in [0, 0.05) is 10.0 Å². The summed E-state index contributed by atoms with van der Waals surface area (Å²) in [6, 6.07) is 13.6. The smallest absolute Gasteiger partial charge is 0.210 e. The molecule has 1 heterocycles. The summed E-state index contributed by atoms with van der Waals surface area (Å²) in [7, 11) is 0. The summed E-state index contributed by atoms with van der Waals surface area (Å²) in [6.45, 7) is 0. The van der Waals surface area contributed by atoms with Gasteiger partial charge in [0.1, 0.15) is 5.82 Å². The van der Waals surface area contributed by atoms with Gasteiger partial charge in [-0.15, -0.1) is 10.2 Å². The molecule has 0 spiro atoms. The van der Waals surface area contributed by atoms with E-state index in [0.717, 1.165) is 4.47 Å². The van der Waals surface area contributed by atoms with Crippen molar-refractivity contribution < 1.29 is 9.18 Å². The molecule has 3 aromatic rings. The fraction of sp³-hybridized carbons (Fsp3) is 0.0625. The van der Waals surface area contributed by atoms with Crippen LogP contribution in [-0.4, -0.2) is 21.7 Å². The summed E-state index contributed by atoms with van der Waals surface area (Å²) in [6.07, 6.45) is 0. The van der Waals surface area contributed by atoms with Gasteiger partial charge in [-0.1, -0.05) is 63.3 Å². The Kier molecular flexibility index (Phi) is 5.60. The van der Waals surface area contributed by atoms with Crippen molar-refractivity contribution in [2.45, 2.75) is 4.34 Å². The maximum Gasteiger partial charge on any atom is 0.210 e. The Hall–Kier alpha value is -1.77. The van der Waals surface area contributed by atoms with E-state index in [-0.39, 0.29) is 17.4 Å². The second-order valence-electron chi connectivity index (χ2n) is 4.70. The number of thioether (sulfide) groups is 1. The minimum atomic E-state index is -0.354. The Labute approximate surface area is 154 Å². The number of carbonyl (C=O) groups is 1. The maximum atomic E-state index is 13.6. The molecule has 3 rings (SSSR count). The van der Waals surface area contributed by atoms with Gasteiger partial charge in [0.05, 0.1) is 11.4 Å². The monoisotopic (exact) mass is 423 g/mol. The first-order valence-electron chi connectivity index (χ1n) is 6.88. The highest BCUT2D eigenvalue weighted by Crippen LogP contribution is 2.29. The summed E-state index contributed by atoms with van der Waals surface area (Å²) in [4.78, 5) is 12.1. The van der Waals surface area contributed by atoms with E-state index in [1.165, 1.54) is 29.2 Å². The van der Waals surface area contributed by atoms with Crippen molar-refractivity contribution in [1.82, 2.24) is 10.2 Å². The maximum absolute atomic E-state index is 13.6. The summed E-state index contributed by atoms with van der Waals surface area (Å²) < 4.78 is 15.2. The summed E-state index contributed by atoms with van der Waals surface area (Å²) in [5.74, 6) is -0.0608. The molecule has 1 aromatic heterocycles. The van der Waals surface area contributed by atoms with Crippen LogP contribution in [0.2, 0.25) is 0 Å². The highest BCUT2D eigenvalue weighted by molar-refractivity contribution is 9.10. The molecule has 0 saturated carbocycles. The van der Waals surface area contributed by atoms with Crippen LogP contribution >= 0.6 is 39.0 Å². The number of benzene rings is 2. The molecule has 0 unspecified atom stereocenters. The van der Waals surface area contributed by atoms with Crippen LogP contribution in [0.3, 0.4) is 0 Å². The molecule has 8 heteroatoms. The van der Waals surface area contributed by atoms with Gasteiger partial charge in [-0.2, -0.15) is 0 Å². The van der Waals surface area contributed by atoms with Crippen LogP contribution in [0.4, 0.5) is 15.2 Å². The summed E-state index contributed by atoms with van der Waals surface area (Å²) >= 11 is 5.93. The Bertz CT molecular complexity index is 855. The van der Waals surface area contributed by atoms with Crippen LogP contribution in [-0.2, 0) is 0 Å². The molecule has 0 amide bonds. The quantitative estimate of drug-likeness (QED) is 0.438. The minimum Gasteiger partial charge on any atom is -0.328 e. The molecule has 4 nitrogen and oxygen atoms in total. The van der Waals surface area contributed by atoms with Crippen LogP contribution in [0.15, 0.2) is 57.3 Å². The Morgan fingerprint density at radius 2 is 1.92 bits per heavy atom. The Morgan fingerprint density at radius 1 is 1.17 bits per heavy atom. The fourth-order valence-corrected chi connectivity index (χ4v) is 3.77. The third kappa shape index (κ3) is 4.40. The molecule has 0 aliphatic rings. The van der Waals surface area contributed by atoms with E-state index in [4.69, 9.17) is 0 Å².